The van der Waals surface area contributed by atoms with Crippen molar-refractivity contribution in [3.63, 3.8) is 0 Å². The van der Waals surface area contributed by atoms with E-state index >= 15 is 0 Å². The molecule has 1 aromatic carbocycles. The molecule has 21 heavy (non-hydrogen) atoms. The number of hydrogen-bond donors (Lipinski definition) is 0. The normalized spacial score (nSPS) is 16.4. The van der Waals surface area contributed by atoms with Crippen molar-refractivity contribution in [3.8, 4) is 0 Å². The molecule has 0 unspecified atom stereocenters. The zero-order valence-corrected chi connectivity index (χ0v) is 11.6. The molecule has 1 aliphatic heterocycles. The second-order valence-electron chi connectivity index (χ2n) is 4.80. The first-order valence-electron chi connectivity index (χ1n) is 6.97. The third-order valence-corrected chi connectivity index (χ3v) is 3.37. The molecule has 4 nitrogen and oxygen atoms in total. The average Bonchev–Trinajstić information content (AvgIpc) is 2.49. The second-order valence-corrected chi connectivity index (χ2v) is 4.80. The van der Waals surface area contributed by atoms with Crippen LogP contribution in [0.4, 0.5) is 10.1 Å². The van der Waals surface area contributed by atoms with E-state index in [-0.39, 0.29) is 5.82 Å². The van der Waals surface area contributed by atoms with Gasteiger partial charge in [-0.15, -0.1) is 0 Å². The Balaban J connectivity index is 1.62. The highest BCUT2D eigenvalue weighted by Gasteiger charge is 2.25. The maximum Gasteiger partial charge on any atom is 0.513 e. The van der Waals surface area contributed by atoms with Gasteiger partial charge in [-0.3, -0.25) is 4.98 Å². The Morgan fingerprint density at radius 3 is 2.33 bits per heavy atom. The summed E-state index contributed by atoms with van der Waals surface area (Å²) >= 11 is 0. The molecule has 0 spiro atoms. The minimum absolute atomic E-state index is 0.361. The van der Waals surface area contributed by atoms with Gasteiger partial charge in [-0.2, -0.15) is 0 Å². The van der Waals surface area contributed by atoms with Crippen LogP contribution in [0.25, 0.3) is 0 Å². The molecule has 2 aromatic rings. The SMILES string of the molecule is Fc1ccc(B2OCCN(c3ccccc3)CCO2)nc1. The lowest BCUT2D eigenvalue weighted by Gasteiger charge is -2.28. The van der Waals surface area contributed by atoms with Crippen molar-refractivity contribution in [2.45, 2.75) is 0 Å². The van der Waals surface area contributed by atoms with Crippen LogP contribution in [0, 0.1) is 5.82 Å². The summed E-state index contributed by atoms with van der Waals surface area (Å²) in [6.45, 7) is 2.62. The number of halogens is 1. The van der Waals surface area contributed by atoms with Gasteiger partial charge >= 0.3 is 7.12 Å². The molecule has 2 heterocycles. The summed E-state index contributed by atoms with van der Waals surface area (Å²) in [7, 11) is -0.525. The summed E-state index contributed by atoms with van der Waals surface area (Å²) in [6.07, 6.45) is 1.18. The molecule has 0 aliphatic carbocycles. The van der Waals surface area contributed by atoms with E-state index in [9.17, 15) is 4.39 Å². The van der Waals surface area contributed by atoms with Crippen molar-refractivity contribution < 1.29 is 13.7 Å². The maximum atomic E-state index is 12.9. The number of pyridine rings is 1. The van der Waals surface area contributed by atoms with Crippen LogP contribution in [0.3, 0.4) is 0 Å². The molecule has 0 saturated carbocycles. The van der Waals surface area contributed by atoms with Crippen LogP contribution in [0.15, 0.2) is 48.7 Å². The van der Waals surface area contributed by atoms with Crippen LogP contribution in [0.1, 0.15) is 0 Å². The topological polar surface area (TPSA) is 34.6 Å². The number of hydrogen-bond acceptors (Lipinski definition) is 4. The Morgan fingerprint density at radius 2 is 1.71 bits per heavy atom. The van der Waals surface area contributed by atoms with Crippen LogP contribution in [0.2, 0.25) is 0 Å². The number of rotatable bonds is 2. The van der Waals surface area contributed by atoms with Gasteiger partial charge in [-0.1, -0.05) is 18.2 Å². The van der Waals surface area contributed by atoms with Gasteiger partial charge in [0.05, 0.1) is 11.8 Å². The van der Waals surface area contributed by atoms with E-state index in [4.69, 9.17) is 9.31 Å². The molecule has 0 amide bonds. The molecule has 1 aromatic heterocycles. The Bertz CT molecular complexity index is 558. The predicted octanol–water partition coefficient (Wildman–Crippen LogP) is 1.47. The van der Waals surface area contributed by atoms with Gasteiger partial charge < -0.3 is 14.2 Å². The molecule has 6 heteroatoms. The van der Waals surface area contributed by atoms with E-state index in [0.29, 0.717) is 18.8 Å². The van der Waals surface area contributed by atoms with Crippen molar-refractivity contribution in [1.29, 1.82) is 0 Å². The van der Waals surface area contributed by atoms with Crippen LogP contribution in [-0.2, 0) is 9.31 Å². The molecule has 0 radical (unpaired) electrons. The number of aromatic nitrogens is 1. The van der Waals surface area contributed by atoms with Crippen molar-refractivity contribution in [2.24, 2.45) is 0 Å². The minimum Gasteiger partial charge on any atom is -0.404 e. The predicted molar refractivity (Wildman–Crippen MR) is 80.1 cm³/mol. The van der Waals surface area contributed by atoms with Gasteiger partial charge in [0.2, 0.25) is 0 Å². The summed E-state index contributed by atoms with van der Waals surface area (Å²) < 4.78 is 24.3. The summed E-state index contributed by atoms with van der Waals surface area (Å²) in [4.78, 5) is 6.23. The fourth-order valence-electron chi connectivity index (χ4n) is 2.29. The summed E-state index contributed by atoms with van der Waals surface area (Å²) in [5.74, 6) is -0.361. The summed E-state index contributed by atoms with van der Waals surface area (Å²) in [6, 6.07) is 13.1. The highest BCUT2D eigenvalue weighted by Crippen LogP contribution is 2.13. The van der Waals surface area contributed by atoms with Crippen LogP contribution in [0.5, 0.6) is 0 Å². The lowest BCUT2D eigenvalue weighted by Crippen LogP contribution is -2.45. The highest BCUT2D eigenvalue weighted by atomic mass is 19.1. The van der Waals surface area contributed by atoms with Crippen LogP contribution >= 0.6 is 0 Å². The monoisotopic (exact) mass is 286 g/mol. The van der Waals surface area contributed by atoms with Gasteiger partial charge in [0.25, 0.3) is 0 Å². The fraction of sp³-hybridized carbons (Fsp3) is 0.267. The van der Waals surface area contributed by atoms with E-state index in [1.165, 1.54) is 12.3 Å². The van der Waals surface area contributed by atoms with Gasteiger partial charge in [0.1, 0.15) is 5.82 Å². The van der Waals surface area contributed by atoms with E-state index < -0.39 is 7.12 Å². The Labute approximate surface area is 123 Å². The van der Waals surface area contributed by atoms with E-state index in [1.54, 1.807) is 6.07 Å². The molecule has 0 atom stereocenters. The first-order valence-corrected chi connectivity index (χ1v) is 6.97. The minimum atomic E-state index is -0.525. The fourth-order valence-corrected chi connectivity index (χ4v) is 2.29. The number of anilines is 1. The first-order chi connectivity index (χ1) is 10.3. The molecule has 3 rings (SSSR count). The molecule has 0 N–H and O–H groups in total. The Hall–Kier alpha value is -1.92. The molecular weight excluding hydrogens is 270 g/mol. The number of nitrogens with zero attached hydrogens (tertiary/aromatic N) is 2. The van der Waals surface area contributed by atoms with Crippen LogP contribution in [-0.4, -0.2) is 38.4 Å². The largest absolute Gasteiger partial charge is 0.513 e. The zero-order chi connectivity index (χ0) is 14.5. The summed E-state index contributed by atoms with van der Waals surface area (Å²) in [5.41, 5.74) is 1.76. The van der Waals surface area contributed by atoms with Crippen molar-refractivity contribution in [2.75, 3.05) is 31.2 Å². The van der Waals surface area contributed by atoms with Gasteiger partial charge in [-0.25, -0.2) is 4.39 Å². The lowest BCUT2D eigenvalue weighted by molar-refractivity contribution is 0.197. The molecular formula is C15H16BFN2O2. The third-order valence-electron chi connectivity index (χ3n) is 3.37. The lowest BCUT2D eigenvalue weighted by atomic mass is 9.83. The second kappa shape index (κ2) is 6.69. The molecule has 1 saturated heterocycles. The van der Waals surface area contributed by atoms with Gasteiger partial charge in [-0.05, 0) is 24.3 Å². The average molecular weight is 286 g/mol. The first kappa shape index (κ1) is 14.0. The number of benzene rings is 1. The summed E-state index contributed by atoms with van der Waals surface area (Å²) in [5, 5.41) is 0. The van der Waals surface area contributed by atoms with E-state index in [1.807, 2.05) is 18.2 Å². The van der Waals surface area contributed by atoms with Gasteiger partial charge in [0.15, 0.2) is 0 Å². The quantitative estimate of drug-likeness (QED) is 0.783. The van der Waals surface area contributed by atoms with E-state index in [0.717, 1.165) is 18.8 Å². The highest BCUT2D eigenvalue weighted by molar-refractivity contribution is 6.60. The maximum absolute atomic E-state index is 12.9. The van der Waals surface area contributed by atoms with Crippen molar-refractivity contribution in [3.05, 3.63) is 54.5 Å². The zero-order valence-electron chi connectivity index (χ0n) is 11.6. The van der Waals surface area contributed by atoms with Crippen LogP contribution < -0.4 is 10.5 Å². The Morgan fingerprint density at radius 1 is 1.00 bits per heavy atom. The van der Waals surface area contributed by atoms with E-state index in [2.05, 4.69) is 22.0 Å². The van der Waals surface area contributed by atoms with Crippen molar-refractivity contribution in [1.82, 2.24) is 4.98 Å². The smallest absolute Gasteiger partial charge is 0.404 e. The van der Waals surface area contributed by atoms with Crippen molar-refractivity contribution >= 4 is 18.4 Å². The molecule has 0 bridgehead atoms. The molecule has 108 valence electrons. The molecule has 1 aliphatic rings. The third kappa shape index (κ3) is 3.59. The molecule has 1 fully saturated rings. The number of para-hydroxylation sites is 1. The standard InChI is InChI=1S/C15H16BFN2O2/c17-13-6-7-15(18-12-13)16-20-10-8-19(9-11-21-16)14-4-2-1-3-5-14/h1-7,12H,8-11H2. The Kier molecular flexibility index (Phi) is 4.47. The van der Waals surface area contributed by atoms with Gasteiger partial charge in [0, 0.05) is 32.0 Å².